The molecule has 9 rings (SSSR count). The third-order valence-electron chi connectivity index (χ3n) is 11.1. The van der Waals surface area contributed by atoms with Crippen LogP contribution in [-0.2, 0) is 16.1 Å². The maximum Gasteiger partial charge on any atom is 0.262 e. The summed E-state index contributed by atoms with van der Waals surface area (Å²) in [6, 6.07) is 18.8. The topological polar surface area (TPSA) is 159 Å². The molecule has 2 fully saturated rings. The van der Waals surface area contributed by atoms with Crippen LogP contribution in [0.25, 0.3) is 28.1 Å². The Hall–Kier alpha value is -6.47. The number of fused-ring (bicyclic) bond motifs is 3. The van der Waals surface area contributed by atoms with E-state index in [1.54, 1.807) is 12.1 Å². The summed E-state index contributed by atoms with van der Waals surface area (Å²) in [6.45, 7) is 6.23. The first-order valence-electron chi connectivity index (χ1n) is 19.0. The van der Waals surface area contributed by atoms with E-state index in [1.165, 1.54) is 5.56 Å². The number of carbonyl (C=O) groups is 4. The van der Waals surface area contributed by atoms with Gasteiger partial charge in [0.2, 0.25) is 23.6 Å². The summed E-state index contributed by atoms with van der Waals surface area (Å²) in [5.41, 5.74) is 8.49. The van der Waals surface area contributed by atoms with Gasteiger partial charge in [-0.1, -0.05) is 42.5 Å². The molecule has 0 aliphatic carbocycles. The molecule has 3 N–H and O–H groups in total. The minimum Gasteiger partial charge on any atom is -0.474 e. The summed E-state index contributed by atoms with van der Waals surface area (Å²) in [7, 11) is 0. The summed E-state index contributed by atoms with van der Waals surface area (Å²) < 4.78 is 5.71. The quantitative estimate of drug-likeness (QED) is 0.163. The van der Waals surface area contributed by atoms with Crippen LogP contribution in [0.1, 0.15) is 63.1 Å². The molecular weight excluding hydrogens is 709 g/mol. The van der Waals surface area contributed by atoms with Crippen LogP contribution in [-0.4, -0.2) is 80.7 Å². The number of nitrogens with zero attached hydrogens (tertiary/aromatic N) is 5. The van der Waals surface area contributed by atoms with Gasteiger partial charge in [-0.2, -0.15) is 0 Å². The fourth-order valence-corrected chi connectivity index (χ4v) is 7.99. The highest BCUT2D eigenvalue weighted by atomic mass is 16.5. The van der Waals surface area contributed by atoms with E-state index in [1.807, 2.05) is 30.6 Å². The van der Waals surface area contributed by atoms with E-state index in [9.17, 15) is 19.2 Å². The Bertz CT molecular complexity index is 2440. The number of rotatable bonds is 8. The number of anilines is 3. The molecule has 56 heavy (non-hydrogen) atoms. The van der Waals surface area contributed by atoms with Crippen molar-refractivity contribution in [2.24, 2.45) is 5.92 Å². The normalized spacial score (nSPS) is 18.8. The Labute approximate surface area is 323 Å². The number of likely N-dealkylation sites (tertiary alicyclic amines) is 1. The number of ether oxygens (including phenoxy) is 1. The van der Waals surface area contributed by atoms with Gasteiger partial charge in [0, 0.05) is 48.5 Å². The summed E-state index contributed by atoms with van der Waals surface area (Å²) in [6.07, 6.45) is 10.1. The molecule has 4 aliphatic heterocycles. The van der Waals surface area contributed by atoms with Crippen LogP contribution in [0.2, 0.25) is 0 Å². The third-order valence-corrected chi connectivity index (χ3v) is 11.1. The van der Waals surface area contributed by atoms with Crippen LogP contribution >= 0.6 is 0 Å². The highest BCUT2D eigenvalue weighted by Gasteiger charge is 2.44. The summed E-state index contributed by atoms with van der Waals surface area (Å²) in [4.78, 5) is 67.6. The molecule has 6 heterocycles. The van der Waals surface area contributed by atoms with Crippen LogP contribution in [0.15, 0.2) is 79.1 Å². The van der Waals surface area contributed by atoms with Crippen molar-refractivity contribution < 1.29 is 23.9 Å². The first-order chi connectivity index (χ1) is 27.3. The van der Waals surface area contributed by atoms with E-state index in [0.717, 1.165) is 88.5 Å². The molecule has 5 aromatic rings. The highest BCUT2D eigenvalue weighted by Crippen LogP contribution is 2.36. The Morgan fingerprint density at radius 3 is 2.54 bits per heavy atom. The number of hydrogen-bond acceptors (Lipinski definition) is 11. The summed E-state index contributed by atoms with van der Waals surface area (Å²) >= 11 is 0. The van der Waals surface area contributed by atoms with E-state index in [0.29, 0.717) is 29.9 Å². The predicted octanol–water partition coefficient (Wildman–Crippen LogP) is 5.87. The number of imide groups is 2. The Morgan fingerprint density at radius 2 is 1.71 bits per heavy atom. The summed E-state index contributed by atoms with van der Waals surface area (Å²) in [5.74, 6) is -0.419. The molecule has 4 aliphatic rings. The number of aromatic nitrogens is 3. The van der Waals surface area contributed by atoms with Crippen molar-refractivity contribution in [1.29, 1.82) is 0 Å². The lowest BCUT2D eigenvalue weighted by molar-refractivity contribution is -0.136. The third kappa shape index (κ3) is 6.85. The molecule has 0 spiro atoms. The van der Waals surface area contributed by atoms with Crippen molar-refractivity contribution in [3.8, 4) is 17.0 Å². The molecule has 2 saturated heterocycles. The molecular formula is C43H40N8O5. The second kappa shape index (κ2) is 14.6. The lowest BCUT2D eigenvalue weighted by Crippen LogP contribution is -2.54. The van der Waals surface area contributed by atoms with Crippen molar-refractivity contribution in [1.82, 2.24) is 30.1 Å². The zero-order valence-electron chi connectivity index (χ0n) is 30.9. The smallest absolute Gasteiger partial charge is 0.262 e. The zero-order chi connectivity index (χ0) is 38.3. The minimum absolute atomic E-state index is 0.0931. The number of pyridine rings is 1. The van der Waals surface area contributed by atoms with Gasteiger partial charge in [0.15, 0.2) is 0 Å². The largest absolute Gasteiger partial charge is 0.474 e. The minimum atomic E-state index is -0.970. The SMILES string of the molecule is Cc1c(-c2ccc3cnc(Nc4ccc(CN5CCC(/C=C\c6ccc7c(c6)C(=O)N(C6CCC(=O)NC6=O)C7=O)CC5)cc4)nc3c2)cnc2c1NCCO2. The molecule has 0 radical (unpaired) electrons. The number of amides is 4. The van der Waals surface area contributed by atoms with Crippen LogP contribution < -0.4 is 20.7 Å². The highest BCUT2D eigenvalue weighted by molar-refractivity contribution is 6.23. The Morgan fingerprint density at radius 1 is 0.893 bits per heavy atom. The van der Waals surface area contributed by atoms with Crippen molar-refractivity contribution in [2.45, 2.75) is 45.2 Å². The van der Waals surface area contributed by atoms with E-state index in [-0.39, 0.29) is 18.4 Å². The number of nitrogens with one attached hydrogen (secondary N) is 3. The van der Waals surface area contributed by atoms with Gasteiger partial charge in [0.1, 0.15) is 18.3 Å². The van der Waals surface area contributed by atoms with Crippen LogP contribution in [0, 0.1) is 12.8 Å². The Kier molecular flexibility index (Phi) is 9.22. The van der Waals surface area contributed by atoms with Crippen molar-refractivity contribution >= 4 is 57.9 Å². The molecule has 13 heteroatoms. The van der Waals surface area contributed by atoms with E-state index in [4.69, 9.17) is 9.72 Å². The van der Waals surface area contributed by atoms with Gasteiger partial charge in [0.25, 0.3) is 11.8 Å². The van der Waals surface area contributed by atoms with E-state index >= 15 is 0 Å². The molecule has 13 nitrogen and oxygen atoms in total. The lowest BCUT2D eigenvalue weighted by atomic mass is 9.95. The number of piperidine rings is 2. The summed E-state index contributed by atoms with van der Waals surface area (Å²) in [5, 5.41) is 9.96. The Balaban J connectivity index is 0.784. The van der Waals surface area contributed by atoms with Gasteiger partial charge in [-0.25, -0.2) is 15.0 Å². The van der Waals surface area contributed by atoms with Crippen molar-refractivity contribution in [2.75, 3.05) is 36.9 Å². The molecule has 1 unspecified atom stereocenters. The fraction of sp³-hybridized carbons (Fsp3) is 0.279. The molecule has 1 atom stereocenters. The average Bonchev–Trinajstić information content (AvgIpc) is 3.46. The van der Waals surface area contributed by atoms with Crippen LogP contribution in [0.3, 0.4) is 0 Å². The van der Waals surface area contributed by atoms with Crippen molar-refractivity contribution in [3.05, 3.63) is 107 Å². The van der Waals surface area contributed by atoms with Crippen LogP contribution in [0.4, 0.5) is 17.3 Å². The van der Waals surface area contributed by atoms with Crippen molar-refractivity contribution in [3.63, 3.8) is 0 Å². The maximum absolute atomic E-state index is 13.2. The second-order valence-electron chi connectivity index (χ2n) is 14.8. The molecule has 2 aromatic heterocycles. The number of hydrogen-bond donors (Lipinski definition) is 3. The van der Waals surface area contributed by atoms with E-state index < -0.39 is 29.7 Å². The molecule has 0 bridgehead atoms. The predicted molar refractivity (Wildman–Crippen MR) is 211 cm³/mol. The average molecular weight is 749 g/mol. The number of allylic oxidation sites excluding steroid dienone is 1. The number of carbonyl (C=O) groups excluding carboxylic acids is 4. The molecule has 282 valence electrons. The first kappa shape index (κ1) is 35.2. The lowest BCUT2D eigenvalue weighted by Gasteiger charge is -2.30. The van der Waals surface area contributed by atoms with E-state index in [2.05, 4.69) is 80.2 Å². The standard InChI is InChI=1S/C43H40N8O5/c1-25-34(23-45-40-38(25)44-16-19-56-40)29-7-8-30-22-46-43(48-35(30)21-29)47-31-9-4-28(5-10-31)24-50-17-14-26(15-18-50)2-3-27-6-11-32-33(20-27)42(55)51(41(32)54)36-12-13-37(52)49-39(36)53/h2-11,20-23,26,36,44H,12-19,24H2,1H3,(H,46,47,48)(H,49,52,53)/b3-2-. The maximum atomic E-state index is 13.2. The van der Waals surface area contributed by atoms with Gasteiger partial charge in [0.05, 0.1) is 16.6 Å². The molecule has 3 aromatic carbocycles. The fourth-order valence-electron chi connectivity index (χ4n) is 7.99. The zero-order valence-corrected chi connectivity index (χ0v) is 30.9. The van der Waals surface area contributed by atoms with Gasteiger partial charge < -0.3 is 15.4 Å². The van der Waals surface area contributed by atoms with Gasteiger partial charge >= 0.3 is 0 Å². The monoisotopic (exact) mass is 748 g/mol. The van der Waals surface area contributed by atoms with Crippen LogP contribution in [0.5, 0.6) is 5.88 Å². The van der Waals surface area contributed by atoms with Gasteiger partial charge in [-0.15, -0.1) is 0 Å². The molecule has 0 saturated carbocycles. The van der Waals surface area contributed by atoms with Gasteiger partial charge in [-0.3, -0.25) is 34.3 Å². The van der Waals surface area contributed by atoms with Gasteiger partial charge in [-0.05, 0) is 97.8 Å². The molecule has 4 amide bonds. The second-order valence-corrected chi connectivity index (χ2v) is 14.8. The first-order valence-corrected chi connectivity index (χ1v) is 19.0. The number of benzene rings is 3.